The Labute approximate surface area is 133 Å². The number of hydrogen-bond acceptors (Lipinski definition) is 2. The molecule has 0 atom stereocenters. The first-order chi connectivity index (χ1) is 9.96. The van der Waals surface area contributed by atoms with Gasteiger partial charge in [-0.3, -0.25) is 0 Å². The summed E-state index contributed by atoms with van der Waals surface area (Å²) in [6, 6.07) is 4.78. The Morgan fingerprint density at radius 1 is 1.32 bits per heavy atom. The van der Waals surface area contributed by atoms with Gasteiger partial charge in [0.25, 0.3) is 0 Å². The lowest BCUT2D eigenvalue weighted by Crippen LogP contribution is -2.32. The first-order valence-electron chi connectivity index (χ1n) is 6.93. The van der Waals surface area contributed by atoms with Crippen LogP contribution in [-0.4, -0.2) is 30.5 Å². The topological polar surface area (TPSA) is 38.3 Å². The minimum absolute atomic E-state index is 0.0823. The van der Waals surface area contributed by atoms with E-state index in [1.54, 1.807) is 32.9 Å². The molecule has 0 heterocycles. The van der Waals surface area contributed by atoms with Crippen molar-refractivity contribution in [2.24, 2.45) is 0 Å². The van der Waals surface area contributed by atoms with Crippen molar-refractivity contribution < 1.29 is 13.9 Å². The molecule has 0 aromatic heterocycles. The van der Waals surface area contributed by atoms with Crippen LogP contribution >= 0.6 is 10.0 Å². The molecule has 1 aromatic carbocycles. The lowest BCUT2D eigenvalue weighted by atomic mass is 10.1. The summed E-state index contributed by atoms with van der Waals surface area (Å²) in [6.07, 6.45) is 5.67. The van der Waals surface area contributed by atoms with Crippen LogP contribution in [0.5, 0.6) is 0 Å². The Balaban J connectivity index is 2.70. The van der Waals surface area contributed by atoms with Gasteiger partial charge in [-0.05, 0) is 56.9 Å². The van der Waals surface area contributed by atoms with Crippen molar-refractivity contribution in [3.8, 4) is 11.2 Å². The quantitative estimate of drug-likeness (QED) is 0.839. The summed E-state index contributed by atoms with van der Waals surface area (Å²) in [5.41, 5.74) is 0.470. The number of halogens is 1. The van der Waals surface area contributed by atoms with Crippen LogP contribution in [0.25, 0.3) is 0 Å². The highest BCUT2D eigenvalue weighted by Gasteiger charge is 2.16. The molecule has 1 N–H and O–H groups in total. The van der Waals surface area contributed by atoms with E-state index >= 15 is 0 Å². The largest absolute Gasteiger partial charge is 0.444 e. The smallest absolute Gasteiger partial charge is 0.407 e. The van der Waals surface area contributed by atoms with Gasteiger partial charge in [0.05, 0.1) is 0 Å². The maximum absolute atomic E-state index is 14.0. The van der Waals surface area contributed by atoms with Gasteiger partial charge in [0, 0.05) is 17.7 Å². The molecule has 1 aromatic rings. The van der Waals surface area contributed by atoms with Crippen molar-refractivity contribution in [1.82, 2.24) is 5.32 Å². The van der Waals surface area contributed by atoms with E-state index in [0.717, 1.165) is 0 Å². The summed E-state index contributed by atoms with van der Waals surface area (Å²) in [5.74, 6) is 2.60. The van der Waals surface area contributed by atoms with E-state index in [1.165, 1.54) is 6.07 Å². The number of amides is 1. The van der Waals surface area contributed by atoms with Crippen LogP contribution in [0.3, 0.4) is 0 Å². The molecule has 1 rings (SSSR count). The molecule has 0 unspecified atom stereocenters. The molecule has 0 radical (unpaired) electrons. The van der Waals surface area contributed by atoms with Crippen LogP contribution in [0, 0.1) is 17.0 Å². The molecule has 0 saturated heterocycles. The number of rotatable bonds is 2. The highest BCUT2D eigenvalue weighted by molar-refractivity contribution is 8.35. The summed E-state index contributed by atoms with van der Waals surface area (Å²) in [6.45, 7) is 5.41. The number of carbonyl (C=O) groups excluding carboxylic acids is 1. The second-order valence-corrected chi connectivity index (χ2v) is 10.6. The summed E-state index contributed by atoms with van der Waals surface area (Å²) in [5, 5.41) is 5.68. The molecule has 0 aliphatic heterocycles. The zero-order valence-electron chi connectivity index (χ0n) is 14.0. The number of benzene rings is 1. The first-order valence-corrected chi connectivity index (χ1v) is 9.78. The van der Waals surface area contributed by atoms with Gasteiger partial charge in [-0.1, -0.05) is 12.0 Å². The van der Waals surface area contributed by atoms with Crippen LogP contribution in [0.4, 0.5) is 9.18 Å². The number of carbonyl (C=O) groups is 1. The van der Waals surface area contributed by atoms with E-state index in [9.17, 15) is 9.18 Å². The summed E-state index contributed by atoms with van der Waals surface area (Å²) in [4.78, 5) is 11.5. The highest BCUT2D eigenvalue weighted by atomic mass is 32.3. The molecule has 0 bridgehead atoms. The molecule has 3 nitrogen and oxygen atoms in total. The van der Waals surface area contributed by atoms with E-state index < -0.39 is 21.7 Å². The molecule has 122 valence electrons. The van der Waals surface area contributed by atoms with Crippen molar-refractivity contribution in [3.05, 3.63) is 35.1 Å². The van der Waals surface area contributed by atoms with Crippen molar-refractivity contribution in [2.45, 2.75) is 32.9 Å². The normalized spacial score (nSPS) is 12.1. The Hall–Kier alpha value is -1.67. The molecule has 5 heteroatoms. The Morgan fingerprint density at radius 3 is 2.45 bits per heavy atom. The number of ether oxygens (including phenoxy) is 1. The lowest BCUT2D eigenvalue weighted by Gasteiger charge is -2.19. The minimum Gasteiger partial charge on any atom is -0.444 e. The number of nitrogens with one attached hydrogen (secondary N) is 1. The maximum atomic E-state index is 14.0. The second kappa shape index (κ2) is 7.06. The average Bonchev–Trinajstić information content (AvgIpc) is 2.32. The summed E-state index contributed by atoms with van der Waals surface area (Å²) in [7, 11) is -0.941. The van der Waals surface area contributed by atoms with Gasteiger partial charge in [0.15, 0.2) is 0 Å². The van der Waals surface area contributed by atoms with Gasteiger partial charge in [0.1, 0.15) is 11.4 Å². The first kappa shape index (κ1) is 18.4. The monoisotopic (exact) mass is 325 g/mol. The molecule has 1 amide bonds. The zero-order valence-corrected chi connectivity index (χ0v) is 14.9. The van der Waals surface area contributed by atoms with Crippen LogP contribution in [-0.2, 0) is 11.3 Å². The Bertz CT molecular complexity index is 604. The van der Waals surface area contributed by atoms with Crippen LogP contribution in [0.2, 0.25) is 0 Å². The predicted molar refractivity (Wildman–Crippen MR) is 91.7 cm³/mol. The SMILES string of the molecule is CC(C)(C)OC(=O)NCc1ccc(C#CS(C)(C)C)cc1F. The maximum Gasteiger partial charge on any atom is 0.407 e. The van der Waals surface area contributed by atoms with Crippen LogP contribution in [0.1, 0.15) is 31.9 Å². The third-order valence-corrected chi connectivity index (χ3v) is 3.09. The fourth-order valence-corrected chi connectivity index (χ4v) is 1.89. The second-order valence-electron chi connectivity index (χ2n) is 6.73. The third-order valence-electron chi connectivity index (χ3n) is 2.38. The number of hydrogen-bond donors (Lipinski definition) is 1. The van der Waals surface area contributed by atoms with Gasteiger partial charge >= 0.3 is 6.09 Å². The molecular formula is C17H24FNO2S. The van der Waals surface area contributed by atoms with Crippen molar-refractivity contribution in [3.63, 3.8) is 0 Å². The fourth-order valence-electron chi connectivity index (χ4n) is 1.46. The Kier molecular flexibility index (Phi) is 5.90. The zero-order chi connectivity index (χ0) is 17.0. The van der Waals surface area contributed by atoms with Gasteiger partial charge < -0.3 is 10.1 Å². The van der Waals surface area contributed by atoms with E-state index in [0.29, 0.717) is 11.1 Å². The molecule has 22 heavy (non-hydrogen) atoms. The highest BCUT2D eigenvalue weighted by Crippen LogP contribution is 2.32. The molecule has 0 saturated carbocycles. The molecule has 0 aliphatic rings. The van der Waals surface area contributed by atoms with E-state index in [2.05, 4.69) is 35.3 Å². The van der Waals surface area contributed by atoms with E-state index in [-0.39, 0.29) is 12.4 Å². The van der Waals surface area contributed by atoms with Gasteiger partial charge in [-0.2, -0.15) is 10.0 Å². The third kappa shape index (κ3) is 7.37. The minimum atomic E-state index is -0.941. The molecule has 0 spiro atoms. The Morgan fingerprint density at radius 2 is 1.95 bits per heavy atom. The predicted octanol–water partition coefficient (Wildman–Crippen LogP) is 3.85. The van der Waals surface area contributed by atoms with Gasteiger partial charge in [-0.15, -0.1) is 0 Å². The molecular weight excluding hydrogens is 301 g/mol. The summed E-state index contributed by atoms with van der Waals surface area (Å²) >= 11 is 0. The van der Waals surface area contributed by atoms with Crippen molar-refractivity contribution in [2.75, 3.05) is 18.8 Å². The summed E-state index contributed by atoms with van der Waals surface area (Å²) < 4.78 is 19.1. The molecule has 0 aliphatic carbocycles. The fraction of sp³-hybridized carbons (Fsp3) is 0.471. The standard InChI is InChI=1S/C17H24FNO2S/c1-17(2,3)21-16(20)19-12-14-8-7-13(11-15(14)18)9-10-22(4,5)6/h7-8,11H,12H2,1-6H3,(H,19,20). The number of alkyl carbamates (subject to hydrolysis) is 1. The van der Waals surface area contributed by atoms with Gasteiger partial charge in [-0.25, -0.2) is 9.18 Å². The van der Waals surface area contributed by atoms with Crippen LogP contribution in [0.15, 0.2) is 18.2 Å². The van der Waals surface area contributed by atoms with Gasteiger partial charge in [0.2, 0.25) is 0 Å². The van der Waals surface area contributed by atoms with Crippen molar-refractivity contribution in [1.29, 1.82) is 0 Å². The van der Waals surface area contributed by atoms with E-state index in [4.69, 9.17) is 4.74 Å². The van der Waals surface area contributed by atoms with Crippen LogP contribution < -0.4 is 5.32 Å². The lowest BCUT2D eigenvalue weighted by molar-refractivity contribution is 0.0523. The van der Waals surface area contributed by atoms with Crippen molar-refractivity contribution >= 4 is 16.1 Å². The molecule has 0 fully saturated rings. The average molecular weight is 325 g/mol. The van der Waals surface area contributed by atoms with E-state index in [1.807, 2.05) is 0 Å².